The lowest BCUT2D eigenvalue weighted by Gasteiger charge is -2.22. The standard InChI is InChI=1S/C19H23NO/c1-13-7-6-8-15(11-13)18(21)20-16-10-9-14(2)17(12-16)19(3,4)5/h6-12H,1-5H3,(H,20,21). The van der Waals surface area contributed by atoms with Crippen LogP contribution in [0.1, 0.15) is 47.8 Å². The molecule has 0 saturated heterocycles. The maximum Gasteiger partial charge on any atom is 0.255 e. The number of anilines is 1. The molecule has 0 saturated carbocycles. The number of hydrogen-bond acceptors (Lipinski definition) is 1. The lowest BCUT2D eigenvalue weighted by atomic mass is 9.84. The second-order valence-electron chi connectivity index (χ2n) is 6.60. The van der Waals surface area contributed by atoms with Gasteiger partial charge in [-0.2, -0.15) is 0 Å². The summed E-state index contributed by atoms with van der Waals surface area (Å²) >= 11 is 0. The Balaban J connectivity index is 2.26. The maximum absolute atomic E-state index is 12.3. The SMILES string of the molecule is Cc1cccc(C(=O)Nc2ccc(C)c(C(C)(C)C)c2)c1. The summed E-state index contributed by atoms with van der Waals surface area (Å²) in [4.78, 5) is 12.3. The van der Waals surface area contributed by atoms with E-state index in [1.807, 2.05) is 37.3 Å². The van der Waals surface area contributed by atoms with Crippen LogP contribution in [-0.4, -0.2) is 5.91 Å². The molecule has 0 radical (unpaired) electrons. The van der Waals surface area contributed by atoms with Crippen LogP contribution in [0.25, 0.3) is 0 Å². The van der Waals surface area contributed by atoms with Crippen molar-refractivity contribution in [2.75, 3.05) is 5.32 Å². The van der Waals surface area contributed by atoms with Gasteiger partial charge in [0.1, 0.15) is 0 Å². The van der Waals surface area contributed by atoms with Gasteiger partial charge in [0.2, 0.25) is 0 Å². The largest absolute Gasteiger partial charge is 0.322 e. The molecule has 2 aromatic rings. The molecule has 0 fully saturated rings. The monoisotopic (exact) mass is 281 g/mol. The number of aryl methyl sites for hydroxylation is 2. The molecule has 0 aliphatic heterocycles. The third-order valence-corrected chi connectivity index (χ3v) is 3.58. The predicted octanol–water partition coefficient (Wildman–Crippen LogP) is 4.85. The molecule has 0 spiro atoms. The third kappa shape index (κ3) is 3.72. The number of carbonyl (C=O) groups is 1. The maximum atomic E-state index is 12.3. The molecule has 0 atom stereocenters. The van der Waals surface area contributed by atoms with E-state index in [4.69, 9.17) is 0 Å². The van der Waals surface area contributed by atoms with Crippen LogP contribution in [0.5, 0.6) is 0 Å². The van der Waals surface area contributed by atoms with Gasteiger partial charge in [-0.3, -0.25) is 4.79 Å². The zero-order chi connectivity index (χ0) is 15.6. The Morgan fingerprint density at radius 3 is 2.33 bits per heavy atom. The fourth-order valence-electron chi connectivity index (χ4n) is 2.50. The molecule has 0 heterocycles. The summed E-state index contributed by atoms with van der Waals surface area (Å²) in [5, 5.41) is 2.99. The first-order chi connectivity index (χ1) is 9.77. The number of carbonyl (C=O) groups excluding carboxylic acids is 1. The van der Waals surface area contributed by atoms with E-state index in [1.54, 1.807) is 0 Å². The van der Waals surface area contributed by atoms with Crippen LogP contribution in [0.3, 0.4) is 0 Å². The van der Waals surface area contributed by atoms with E-state index in [9.17, 15) is 4.79 Å². The molecule has 1 amide bonds. The fourth-order valence-corrected chi connectivity index (χ4v) is 2.50. The highest BCUT2D eigenvalue weighted by molar-refractivity contribution is 6.04. The summed E-state index contributed by atoms with van der Waals surface area (Å²) in [6.07, 6.45) is 0. The Morgan fingerprint density at radius 1 is 1.00 bits per heavy atom. The van der Waals surface area contributed by atoms with Gasteiger partial charge in [-0.15, -0.1) is 0 Å². The Hall–Kier alpha value is -2.09. The Morgan fingerprint density at radius 2 is 1.71 bits per heavy atom. The molecule has 1 N–H and O–H groups in total. The Labute approximate surface area is 127 Å². The van der Waals surface area contributed by atoms with E-state index < -0.39 is 0 Å². The molecule has 0 aromatic heterocycles. The van der Waals surface area contributed by atoms with Crippen LogP contribution in [0, 0.1) is 13.8 Å². The predicted molar refractivity (Wildman–Crippen MR) is 89.0 cm³/mol. The first-order valence-electron chi connectivity index (χ1n) is 7.26. The van der Waals surface area contributed by atoms with Crippen molar-refractivity contribution in [3.05, 3.63) is 64.7 Å². The number of nitrogens with one attached hydrogen (secondary N) is 1. The zero-order valence-electron chi connectivity index (χ0n) is 13.4. The van der Waals surface area contributed by atoms with Gasteiger partial charge in [-0.1, -0.05) is 44.5 Å². The highest BCUT2D eigenvalue weighted by Crippen LogP contribution is 2.28. The number of rotatable bonds is 2. The second-order valence-corrected chi connectivity index (χ2v) is 6.60. The normalized spacial score (nSPS) is 11.3. The summed E-state index contributed by atoms with van der Waals surface area (Å²) in [6, 6.07) is 13.7. The lowest BCUT2D eigenvalue weighted by molar-refractivity contribution is 0.102. The Bertz CT molecular complexity index is 666. The van der Waals surface area contributed by atoms with Crippen LogP contribution in [0.15, 0.2) is 42.5 Å². The molecule has 2 heteroatoms. The number of benzene rings is 2. The smallest absolute Gasteiger partial charge is 0.255 e. The van der Waals surface area contributed by atoms with Gasteiger partial charge < -0.3 is 5.32 Å². The van der Waals surface area contributed by atoms with Crippen LogP contribution in [0.2, 0.25) is 0 Å². The average Bonchev–Trinajstić information content (AvgIpc) is 2.39. The Kier molecular flexibility index (Phi) is 4.17. The van der Waals surface area contributed by atoms with E-state index in [0.717, 1.165) is 11.3 Å². The minimum atomic E-state index is -0.0672. The van der Waals surface area contributed by atoms with Crippen molar-refractivity contribution in [1.82, 2.24) is 0 Å². The highest BCUT2D eigenvalue weighted by atomic mass is 16.1. The molecule has 2 nitrogen and oxygen atoms in total. The first-order valence-corrected chi connectivity index (χ1v) is 7.26. The number of amides is 1. The van der Waals surface area contributed by atoms with Crippen LogP contribution in [-0.2, 0) is 5.41 Å². The van der Waals surface area contributed by atoms with E-state index in [1.165, 1.54) is 11.1 Å². The van der Waals surface area contributed by atoms with Crippen molar-refractivity contribution in [3.63, 3.8) is 0 Å². The summed E-state index contributed by atoms with van der Waals surface area (Å²) in [7, 11) is 0. The molecule has 2 rings (SSSR count). The van der Waals surface area contributed by atoms with E-state index in [2.05, 4.69) is 45.1 Å². The molecule has 110 valence electrons. The number of hydrogen-bond donors (Lipinski definition) is 1. The third-order valence-electron chi connectivity index (χ3n) is 3.58. The van der Waals surface area contributed by atoms with Crippen LogP contribution >= 0.6 is 0 Å². The molecular formula is C19H23NO. The van der Waals surface area contributed by atoms with E-state index in [-0.39, 0.29) is 11.3 Å². The van der Waals surface area contributed by atoms with Gasteiger partial charge in [-0.25, -0.2) is 0 Å². The van der Waals surface area contributed by atoms with Gasteiger partial charge >= 0.3 is 0 Å². The molecular weight excluding hydrogens is 258 g/mol. The minimum absolute atomic E-state index is 0.0636. The van der Waals surface area contributed by atoms with E-state index >= 15 is 0 Å². The van der Waals surface area contributed by atoms with Gasteiger partial charge in [0.05, 0.1) is 0 Å². The van der Waals surface area contributed by atoms with Gasteiger partial charge in [0.15, 0.2) is 0 Å². The summed E-state index contributed by atoms with van der Waals surface area (Å²) in [6.45, 7) is 10.6. The van der Waals surface area contributed by atoms with Crippen molar-refractivity contribution < 1.29 is 4.79 Å². The molecule has 0 bridgehead atoms. The van der Waals surface area contributed by atoms with Crippen molar-refractivity contribution in [3.8, 4) is 0 Å². The van der Waals surface area contributed by atoms with Crippen molar-refractivity contribution in [2.24, 2.45) is 0 Å². The second kappa shape index (κ2) is 5.72. The summed E-state index contributed by atoms with van der Waals surface area (Å²) < 4.78 is 0. The van der Waals surface area contributed by atoms with Crippen LogP contribution < -0.4 is 5.32 Å². The zero-order valence-corrected chi connectivity index (χ0v) is 13.4. The topological polar surface area (TPSA) is 29.1 Å². The molecule has 0 aliphatic carbocycles. The fraction of sp³-hybridized carbons (Fsp3) is 0.316. The minimum Gasteiger partial charge on any atom is -0.322 e. The van der Waals surface area contributed by atoms with Crippen LogP contribution in [0.4, 0.5) is 5.69 Å². The molecule has 0 aliphatic rings. The van der Waals surface area contributed by atoms with Gasteiger partial charge in [-0.05, 0) is 54.7 Å². The highest BCUT2D eigenvalue weighted by Gasteiger charge is 2.17. The molecule has 21 heavy (non-hydrogen) atoms. The van der Waals surface area contributed by atoms with Crippen molar-refractivity contribution >= 4 is 11.6 Å². The summed E-state index contributed by atoms with van der Waals surface area (Å²) in [5.74, 6) is -0.0672. The van der Waals surface area contributed by atoms with Crippen molar-refractivity contribution in [2.45, 2.75) is 40.0 Å². The molecule has 0 unspecified atom stereocenters. The average molecular weight is 281 g/mol. The van der Waals surface area contributed by atoms with E-state index in [0.29, 0.717) is 5.56 Å². The first kappa shape index (κ1) is 15.3. The van der Waals surface area contributed by atoms with Gasteiger partial charge in [0.25, 0.3) is 5.91 Å². The lowest BCUT2D eigenvalue weighted by Crippen LogP contribution is -2.16. The summed E-state index contributed by atoms with van der Waals surface area (Å²) in [5.41, 5.74) is 5.18. The molecule has 2 aromatic carbocycles. The van der Waals surface area contributed by atoms with Crippen molar-refractivity contribution in [1.29, 1.82) is 0 Å². The quantitative estimate of drug-likeness (QED) is 0.837. The van der Waals surface area contributed by atoms with Gasteiger partial charge in [0, 0.05) is 11.3 Å².